The Labute approximate surface area is 308 Å². The van der Waals surface area contributed by atoms with Gasteiger partial charge in [0.2, 0.25) is 21.8 Å². The molecule has 0 saturated carbocycles. The molecule has 1 saturated heterocycles. The van der Waals surface area contributed by atoms with E-state index in [0.29, 0.717) is 0 Å². The van der Waals surface area contributed by atoms with E-state index in [-0.39, 0.29) is 30.5 Å². The van der Waals surface area contributed by atoms with Gasteiger partial charge in [0.1, 0.15) is 12.1 Å². The molecule has 4 aromatic rings. The standard InChI is InChI=1S/C38H44N4O6S3/c1-25-13-8-9-17-28(25)22-39-36(45)34-38(2,3)50-24-42(34)37(46)33(43)30(21-26-14-6-5-7-15-26)40-35(44)31(41-51(4,47)48)23-49-32-20-12-18-27-16-10-11-19-29(27)32/h5-20,30-31,33-34,41,43H,21-24H2,1-4H3,(H,39,45)(H,40,44)/t30-,31+,33-,34-/m0/s1. The van der Waals surface area contributed by atoms with Gasteiger partial charge in [-0.05, 0) is 60.7 Å². The molecule has 4 aromatic carbocycles. The van der Waals surface area contributed by atoms with Gasteiger partial charge in [0.25, 0.3) is 5.91 Å². The molecule has 1 aliphatic heterocycles. The minimum absolute atomic E-state index is 0.0507. The monoisotopic (exact) mass is 748 g/mol. The number of carbonyl (C=O) groups excluding carboxylic acids is 3. The summed E-state index contributed by atoms with van der Waals surface area (Å²) in [7, 11) is -3.83. The number of aliphatic hydroxyl groups excluding tert-OH is 1. The van der Waals surface area contributed by atoms with Crippen LogP contribution < -0.4 is 15.4 Å². The van der Waals surface area contributed by atoms with Gasteiger partial charge < -0.3 is 20.6 Å². The van der Waals surface area contributed by atoms with E-state index in [2.05, 4.69) is 15.4 Å². The molecule has 1 heterocycles. The molecule has 0 aliphatic carbocycles. The maximum absolute atomic E-state index is 14.1. The lowest BCUT2D eigenvalue weighted by Crippen LogP contribution is -2.60. The van der Waals surface area contributed by atoms with Crippen molar-refractivity contribution in [2.45, 2.75) is 67.6 Å². The smallest absolute Gasteiger partial charge is 0.254 e. The lowest BCUT2D eigenvalue weighted by molar-refractivity contribution is -0.147. The molecule has 13 heteroatoms. The third-order valence-electron chi connectivity index (χ3n) is 8.88. The van der Waals surface area contributed by atoms with Crippen molar-refractivity contribution >= 4 is 62.0 Å². The SMILES string of the molecule is Cc1ccccc1CNC(=O)[C@@H]1N(C(=O)[C@@H](O)[C@H](Cc2ccccc2)NC(=O)[C@@H](CSc2cccc3ccccc23)NS(C)(=O)=O)CSC1(C)C. The normalized spacial score (nSPS) is 17.4. The van der Waals surface area contributed by atoms with Crippen LogP contribution in [0.15, 0.2) is 102 Å². The van der Waals surface area contributed by atoms with Crippen LogP contribution in [0.3, 0.4) is 0 Å². The fraction of sp³-hybridized carbons (Fsp3) is 0.342. The first-order chi connectivity index (χ1) is 24.2. The molecule has 270 valence electrons. The average molecular weight is 749 g/mol. The van der Waals surface area contributed by atoms with E-state index >= 15 is 0 Å². The molecule has 0 unspecified atom stereocenters. The number of fused-ring (bicyclic) bond motifs is 1. The van der Waals surface area contributed by atoms with Crippen molar-refractivity contribution in [3.8, 4) is 0 Å². The summed E-state index contributed by atoms with van der Waals surface area (Å²) < 4.78 is 26.6. The van der Waals surface area contributed by atoms with Crippen LogP contribution >= 0.6 is 23.5 Å². The van der Waals surface area contributed by atoms with Crippen LogP contribution in [-0.2, 0) is 37.4 Å². The highest BCUT2D eigenvalue weighted by Gasteiger charge is 2.50. The quantitative estimate of drug-likeness (QED) is 0.140. The zero-order valence-electron chi connectivity index (χ0n) is 29.0. The summed E-state index contributed by atoms with van der Waals surface area (Å²) in [6.07, 6.45) is -0.678. The number of amides is 3. The Morgan fingerprint density at radius 3 is 2.35 bits per heavy atom. The molecule has 0 radical (unpaired) electrons. The van der Waals surface area contributed by atoms with E-state index in [1.807, 2.05) is 118 Å². The van der Waals surface area contributed by atoms with Gasteiger partial charge in [-0.1, -0.05) is 91.0 Å². The number of thioether (sulfide) groups is 2. The van der Waals surface area contributed by atoms with Crippen molar-refractivity contribution in [2.75, 3.05) is 17.9 Å². The van der Waals surface area contributed by atoms with Crippen molar-refractivity contribution in [2.24, 2.45) is 0 Å². The van der Waals surface area contributed by atoms with Crippen LogP contribution in [0, 0.1) is 6.92 Å². The fourth-order valence-corrected chi connectivity index (χ4v) is 9.20. The van der Waals surface area contributed by atoms with Gasteiger partial charge in [0.15, 0.2) is 6.10 Å². The first-order valence-corrected chi connectivity index (χ1v) is 20.5. The van der Waals surface area contributed by atoms with Gasteiger partial charge in [0.05, 0.1) is 18.2 Å². The number of hydrogen-bond acceptors (Lipinski definition) is 8. The number of carbonyl (C=O) groups is 3. The molecule has 3 amide bonds. The molecule has 0 bridgehead atoms. The van der Waals surface area contributed by atoms with E-state index in [4.69, 9.17) is 0 Å². The summed E-state index contributed by atoms with van der Waals surface area (Å²) >= 11 is 2.75. The highest BCUT2D eigenvalue weighted by Crippen LogP contribution is 2.40. The van der Waals surface area contributed by atoms with Crippen molar-refractivity contribution in [3.63, 3.8) is 0 Å². The summed E-state index contributed by atoms with van der Waals surface area (Å²) in [5, 5.41) is 19.5. The topological polar surface area (TPSA) is 145 Å². The van der Waals surface area contributed by atoms with Gasteiger partial charge in [-0.25, -0.2) is 13.1 Å². The molecule has 5 rings (SSSR count). The van der Waals surface area contributed by atoms with Crippen LogP contribution in [0.25, 0.3) is 10.8 Å². The predicted octanol–water partition coefficient (Wildman–Crippen LogP) is 4.24. The molecular formula is C38H44N4O6S3. The Hall–Kier alpha value is -3.88. The van der Waals surface area contributed by atoms with E-state index in [1.165, 1.54) is 28.4 Å². The highest BCUT2D eigenvalue weighted by molar-refractivity contribution is 8.01. The van der Waals surface area contributed by atoms with Crippen molar-refractivity contribution in [1.82, 2.24) is 20.3 Å². The highest BCUT2D eigenvalue weighted by atomic mass is 32.2. The molecule has 51 heavy (non-hydrogen) atoms. The Morgan fingerprint density at radius 1 is 0.961 bits per heavy atom. The van der Waals surface area contributed by atoms with Crippen LogP contribution in [0.2, 0.25) is 0 Å². The lowest BCUT2D eigenvalue weighted by atomic mass is 9.97. The van der Waals surface area contributed by atoms with Gasteiger partial charge >= 0.3 is 0 Å². The summed E-state index contributed by atoms with van der Waals surface area (Å²) in [4.78, 5) is 44.0. The number of aliphatic hydroxyl groups is 1. The maximum atomic E-state index is 14.1. The van der Waals surface area contributed by atoms with Crippen LogP contribution in [0.5, 0.6) is 0 Å². The zero-order chi connectivity index (χ0) is 36.8. The second-order valence-electron chi connectivity index (χ2n) is 13.2. The second-order valence-corrected chi connectivity index (χ2v) is 17.7. The molecule has 0 spiro atoms. The number of nitrogens with zero attached hydrogens (tertiary/aromatic N) is 1. The number of aryl methyl sites for hydroxylation is 1. The lowest BCUT2D eigenvalue weighted by Gasteiger charge is -2.33. The largest absolute Gasteiger partial charge is 0.381 e. The van der Waals surface area contributed by atoms with E-state index in [0.717, 1.165) is 38.6 Å². The number of nitrogens with one attached hydrogen (secondary N) is 3. The minimum Gasteiger partial charge on any atom is -0.381 e. The zero-order valence-corrected chi connectivity index (χ0v) is 31.5. The van der Waals surface area contributed by atoms with E-state index in [9.17, 15) is 27.9 Å². The average Bonchev–Trinajstić information content (AvgIpc) is 3.43. The number of hydrogen-bond donors (Lipinski definition) is 4. The summed E-state index contributed by atoms with van der Waals surface area (Å²) in [6, 6.07) is 27.1. The molecule has 4 N–H and O–H groups in total. The first kappa shape index (κ1) is 38.4. The fourth-order valence-electron chi connectivity index (χ4n) is 6.15. The van der Waals surface area contributed by atoms with Crippen molar-refractivity contribution in [3.05, 3.63) is 114 Å². The van der Waals surface area contributed by atoms with Gasteiger partial charge in [-0.15, -0.1) is 23.5 Å². The van der Waals surface area contributed by atoms with Crippen molar-refractivity contribution < 1.29 is 27.9 Å². The number of sulfonamides is 1. The van der Waals surface area contributed by atoms with Crippen LogP contribution in [-0.4, -0.2) is 83.0 Å². The molecule has 4 atom stereocenters. The Kier molecular flexibility index (Phi) is 12.5. The van der Waals surface area contributed by atoms with Gasteiger partial charge in [0, 0.05) is 21.9 Å². The van der Waals surface area contributed by atoms with E-state index in [1.54, 1.807) is 0 Å². The molecular weight excluding hydrogens is 705 g/mol. The number of rotatable bonds is 14. The van der Waals surface area contributed by atoms with Gasteiger partial charge in [-0.2, -0.15) is 0 Å². The Bertz CT molecular complexity index is 1970. The third kappa shape index (κ3) is 9.92. The molecule has 1 aliphatic rings. The number of benzene rings is 4. The Morgan fingerprint density at radius 2 is 1.63 bits per heavy atom. The summed E-state index contributed by atoms with van der Waals surface area (Å²) in [5.74, 6) is -1.53. The minimum atomic E-state index is -3.83. The molecule has 0 aromatic heterocycles. The third-order valence-corrected chi connectivity index (χ3v) is 12.1. The van der Waals surface area contributed by atoms with Crippen molar-refractivity contribution in [1.29, 1.82) is 0 Å². The Balaban J connectivity index is 1.37. The van der Waals surface area contributed by atoms with E-state index < -0.39 is 50.8 Å². The molecule has 10 nitrogen and oxygen atoms in total. The summed E-state index contributed by atoms with van der Waals surface area (Å²) in [5.41, 5.74) is 2.73. The molecule has 1 fully saturated rings. The first-order valence-electron chi connectivity index (χ1n) is 16.6. The van der Waals surface area contributed by atoms with Crippen LogP contribution in [0.1, 0.15) is 30.5 Å². The van der Waals surface area contributed by atoms with Crippen LogP contribution in [0.4, 0.5) is 0 Å². The predicted molar refractivity (Wildman–Crippen MR) is 205 cm³/mol. The summed E-state index contributed by atoms with van der Waals surface area (Å²) in [6.45, 7) is 6.01. The second kappa shape index (κ2) is 16.6. The van der Waals surface area contributed by atoms with Gasteiger partial charge in [-0.3, -0.25) is 14.4 Å². The maximum Gasteiger partial charge on any atom is 0.254 e.